The van der Waals surface area contributed by atoms with Gasteiger partial charge in [0.15, 0.2) is 0 Å². The standard InChI is InChI=1S/C13H19ClN6/c1-9(7-19-5-3-4-6-19)17-12-10(2)11(14)18-13-15-8-16-20(12)13/h8-9,17H,3-7H2,1-2H3. The zero-order valence-electron chi connectivity index (χ0n) is 11.8. The minimum atomic E-state index is 0.317. The lowest BCUT2D eigenvalue weighted by Gasteiger charge is -2.23. The predicted molar refractivity (Wildman–Crippen MR) is 79.3 cm³/mol. The van der Waals surface area contributed by atoms with Gasteiger partial charge in [-0.1, -0.05) is 11.6 Å². The second kappa shape index (κ2) is 5.54. The van der Waals surface area contributed by atoms with Gasteiger partial charge < -0.3 is 10.2 Å². The maximum absolute atomic E-state index is 6.16. The highest BCUT2D eigenvalue weighted by Gasteiger charge is 2.17. The number of likely N-dealkylation sites (tertiary alicyclic amines) is 1. The van der Waals surface area contributed by atoms with E-state index in [0.717, 1.165) is 17.9 Å². The molecule has 1 aliphatic heterocycles. The van der Waals surface area contributed by atoms with Crippen LogP contribution in [0.4, 0.5) is 5.82 Å². The summed E-state index contributed by atoms with van der Waals surface area (Å²) in [6.07, 6.45) is 4.11. The molecule has 1 fully saturated rings. The summed E-state index contributed by atoms with van der Waals surface area (Å²) in [7, 11) is 0. The van der Waals surface area contributed by atoms with Crippen LogP contribution in [0.2, 0.25) is 5.15 Å². The first-order valence-electron chi connectivity index (χ1n) is 7.00. The molecule has 7 heteroatoms. The van der Waals surface area contributed by atoms with Gasteiger partial charge in [-0.15, -0.1) is 0 Å². The van der Waals surface area contributed by atoms with E-state index in [1.54, 1.807) is 4.52 Å². The number of rotatable bonds is 4. The van der Waals surface area contributed by atoms with Gasteiger partial charge in [-0.3, -0.25) is 0 Å². The minimum absolute atomic E-state index is 0.317. The van der Waals surface area contributed by atoms with Gasteiger partial charge in [0, 0.05) is 18.2 Å². The van der Waals surface area contributed by atoms with Crippen molar-refractivity contribution >= 4 is 23.2 Å². The molecule has 1 N–H and O–H groups in total. The number of halogens is 1. The Kier molecular flexibility index (Phi) is 3.76. The molecule has 20 heavy (non-hydrogen) atoms. The highest BCUT2D eigenvalue weighted by molar-refractivity contribution is 6.30. The first kappa shape index (κ1) is 13.6. The van der Waals surface area contributed by atoms with Gasteiger partial charge in [0.2, 0.25) is 0 Å². The fourth-order valence-corrected chi connectivity index (χ4v) is 2.86. The van der Waals surface area contributed by atoms with Gasteiger partial charge >= 0.3 is 0 Å². The molecule has 0 bridgehead atoms. The van der Waals surface area contributed by atoms with Crippen molar-refractivity contribution in [1.29, 1.82) is 0 Å². The van der Waals surface area contributed by atoms with Crippen LogP contribution in [0.25, 0.3) is 5.78 Å². The molecule has 0 aromatic carbocycles. The zero-order chi connectivity index (χ0) is 14.1. The average molecular weight is 295 g/mol. The Morgan fingerprint density at radius 1 is 1.40 bits per heavy atom. The molecule has 0 saturated carbocycles. The summed E-state index contributed by atoms with van der Waals surface area (Å²) < 4.78 is 1.71. The van der Waals surface area contributed by atoms with Gasteiger partial charge in [0.1, 0.15) is 17.3 Å². The van der Waals surface area contributed by atoms with E-state index in [4.69, 9.17) is 11.6 Å². The van der Waals surface area contributed by atoms with Crippen LogP contribution >= 0.6 is 11.6 Å². The van der Waals surface area contributed by atoms with Gasteiger partial charge in [0.05, 0.1) is 0 Å². The second-order valence-corrected chi connectivity index (χ2v) is 5.76. The second-order valence-electron chi connectivity index (χ2n) is 5.40. The third-order valence-electron chi connectivity index (χ3n) is 3.72. The normalized spacial score (nSPS) is 17.8. The first-order valence-corrected chi connectivity index (χ1v) is 7.37. The Morgan fingerprint density at radius 2 is 2.15 bits per heavy atom. The summed E-state index contributed by atoms with van der Waals surface area (Å²) in [6, 6.07) is 0.317. The van der Waals surface area contributed by atoms with Gasteiger partial charge in [-0.05, 0) is 39.8 Å². The lowest BCUT2D eigenvalue weighted by Crippen LogP contribution is -2.33. The van der Waals surface area contributed by atoms with Gasteiger partial charge in [0.25, 0.3) is 5.78 Å². The van der Waals surface area contributed by atoms with E-state index in [1.807, 2.05) is 6.92 Å². The fourth-order valence-electron chi connectivity index (χ4n) is 2.70. The molecule has 2 aromatic heterocycles. The molecule has 1 unspecified atom stereocenters. The summed E-state index contributed by atoms with van der Waals surface area (Å²) in [5, 5.41) is 8.19. The largest absolute Gasteiger partial charge is 0.366 e. The zero-order valence-corrected chi connectivity index (χ0v) is 12.6. The molecule has 0 spiro atoms. The van der Waals surface area contributed by atoms with Crippen molar-refractivity contribution in [2.75, 3.05) is 25.0 Å². The highest BCUT2D eigenvalue weighted by Crippen LogP contribution is 2.23. The summed E-state index contributed by atoms with van der Waals surface area (Å²) in [4.78, 5) is 10.8. The Bertz CT molecular complexity index is 604. The van der Waals surface area contributed by atoms with Crippen molar-refractivity contribution < 1.29 is 0 Å². The van der Waals surface area contributed by atoms with E-state index >= 15 is 0 Å². The molecule has 3 heterocycles. The third-order valence-corrected chi connectivity index (χ3v) is 4.09. The number of fused-ring (bicyclic) bond motifs is 1. The fraction of sp³-hybridized carbons (Fsp3) is 0.615. The Hall–Kier alpha value is -1.40. The maximum Gasteiger partial charge on any atom is 0.255 e. The van der Waals surface area contributed by atoms with Crippen LogP contribution in [-0.4, -0.2) is 50.2 Å². The summed E-state index contributed by atoms with van der Waals surface area (Å²) in [5.74, 6) is 1.40. The van der Waals surface area contributed by atoms with E-state index in [9.17, 15) is 0 Å². The van der Waals surface area contributed by atoms with Crippen molar-refractivity contribution in [2.24, 2.45) is 0 Å². The molecule has 0 amide bonds. The summed E-state index contributed by atoms with van der Waals surface area (Å²) >= 11 is 6.16. The molecule has 1 saturated heterocycles. The lowest BCUT2D eigenvalue weighted by molar-refractivity contribution is 0.327. The molecule has 1 aliphatic rings. The van der Waals surface area contributed by atoms with Crippen LogP contribution in [0.3, 0.4) is 0 Å². The summed E-state index contributed by atoms with van der Waals surface area (Å²) in [5.41, 5.74) is 0.901. The number of hydrogen-bond acceptors (Lipinski definition) is 5. The van der Waals surface area contributed by atoms with Crippen LogP contribution in [-0.2, 0) is 0 Å². The van der Waals surface area contributed by atoms with Crippen LogP contribution in [0.1, 0.15) is 25.3 Å². The molecule has 3 rings (SSSR count). The van der Waals surface area contributed by atoms with Crippen molar-refractivity contribution in [3.63, 3.8) is 0 Å². The lowest BCUT2D eigenvalue weighted by atomic mass is 10.2. The molecule has 0 radical (unpaired) electrons. The van der Waals surface area contributed by atoms with Gasteiger partial charge in [-0.2, -0.15) is 19.6 Å². The molecule has 6 nitrogen and oxygen atoms in total. The Balaban J connectivity index is 1.82. The van der Waals surface area contributed by atoms with Gasteiger partial charge in [-0.25, -0.2) is 0 Å². The number of nitrogens with one attached hydrogen (secondary N) is 1. The van der Waals surface area contributed by atoms with Crippen molar-refractivity contribution in [1.82, 2.24) is 24.5 Å². The molecule has 2 aromatic rings. The topological polar surface area (TPSA) is 58.4 Å². The third kappa shape index (κ3) is 2.58. The predicted octanol–water partition coefficient (Wildman–Crippen LogP) is 1.98. The van der Waals surface area contributed by atoms with Crippen molar-refractivity contribution in [3.8, 4) is 0 Å². The van der Waals surface area contributed by atoms with Crippen LogP contribution in [0.5, 0.6) is 0 Å². The Morgan fingerprint density at radius 3 is 2.90 bits per heavy atom. The van der Waals surface area contributed by atoms with Crippen LogP contribution < -0.4 is 5.32 Å². The van der Waals surface area contributed by atoms with Crippen molar-refractivity contribution in [2.45, 2.75) is 32.7 Å². The smallest absolute Gasteiger partial charge is 0.255 e. The quantitative estimate of drug-likeness (QED) is 0.874. The van der Waals surface area contributed by atoms with E-state index < -0.39 is 0 Å². The monoisotopic (exact) mass is 294 g/mol. The molecular weight excluding hydrogens is 276 g/mol. The van der Waals surface area contributed by atoms with Crippen molar-refractivity contribution in [3.05, 3.63) is 17.0 Å². The van der Waals surface area contributed by atoms with E-state index in [0.29, 0.717) is 17.0 Å². The van der Waals surface area contributed by atoms with Crippen LogP contribution in [0.15, 0.2) is 6.33 Å². The molecule has 0 aliphatic carbocycles. The molecular formula is C13H19ClN6. The maximum atomic E-state index is 6.16. The Labute approximate surface area is 123 Å². The number of aromatic nitrogens is 4. The van der Waals surface area contributed by atoms with E-state index in [1.165, 1.54) is 32.3 Å². The molecule has 1 atom stereocenters. The molecule has 108 valence electrons. The van der Waals surface area contributed by atoms with E-state index in [-0.39, 0.29) is 0 Å². The number of anilines is 1. The first-order chi connectivity index (χ1) is 9.65. The van der Waals surface area contributed by atoms with Crippen LogP contribution in [0, 0.1) is 6.92 Å². The van der Waals surface area contributed by atoms with E-state index in [2.05, 4.69) is 32.2 Å². The number of nitrogens with zero attached hydrogens (tertiary/aromatic N) is 5. The summed E-state index contributed by atoms with van der Waals surface area (Å²) in [6.45, 7) is 7.54. The highest BCUT2D eigenvalue weighted by atomic mass is 35.5. The minimum Gasteiger partial charge on any atom is -0.366 e. The average Bonchev–Trinajstić information content (AvgIpc) is 3.05. The number of hydrogen-bond donors (Lipinski definition) is 1. The SMILES string of the molecule is Cc1c(Cl)nc2ncnn2c1NC(C)CN1CCCC1.